The topological polar surface area (TPSA) is 43.3 Å². The zero-order valence-electron chi connectivity index (χ0n) is 12.1. The fourth-order valence-corrected chi connectivity index (χ4v) is 2.20. The molecule has 0 aliphatic rings. The van der Waals surface area contributed by atoms with Crippen molar-refractivity contribution in [2.75, 3.05) is 14.2 Å². The standard InChI is InChI=1S/C16H20N2O2/c1-12-5-4-10-18(16(12)19)11-15(17-2)13-6-8-14(20-3)9-7-13/h4-10,15,17H,11H2,1-3H3. The fraction of sp³-hybridized carbons (Fsp3) is 0.312. The summed E-state index contributed by atoms with van der Waals surface area (Å²) in [5.41, 5.74) is 1.94. The molecule has 1 unspecified atom stereocenters. The van der Waals surface area contributed by atoms with Gasteiger partial charge in [-0.15, -0.1) is 0 Å². The number of hydrogen-bond donors (Lipinski definition) is 1. The second-order valence-electron chi connectivity index (χ2n) is 4.76. The minimum atomic E-state index is 0.0567. The Morgan fingerprint density at radius 1 is 1.25 bits per heavy atom. The quantitative estimate of drug-likeness (QED) is 0.906. The van der Waals surface area contributed by atoms with Gasteiger partial charge >= 0.3 is 0 Å². The van der Waals surface area contributed by atoms with Gasteiger partial charge in [-0.1, -0.05) is 18.2 Å². The van der Waals surface area contributed by atoms with Crippen LogP contribution in [0.2, 0.25) is 0 Å². The maximum atomic E-state index is 12.1. The number of nitrogens with one attached hydrogen (secondary N) is 1. The average Bonchev–Trinajstić information content (AvgIpc) is 2.49. The molecule has 106 valence electrons. The Bertz CT molecular complexity index is 617. The summed E-state index contributed by atoms with van der Waals surface area (Å²) in [6, 6.07) is 11.7. The minimum Gasteiger partial charge on any atom is -0.497 e. The zero-order valence-corrected chi connectivity index (χ0v) is 12.1. The molecule has 1 heterocycles. The molecule has 1 N–H and O–H groups in total. The van der Waals surface area contributed by atoms with Crippen molar-refractivity contribution < 1.29 is 4.74 Å². The summed E-state index contributed by atoms with van der Waals surface area (Å²) in [4.78, 5) is 12.1. The molecule has 1 atom stereocenters. The van der Waals surface area contributed by atoms with E-state index >= 15 is 0 Å². The van der Waals surface area contributed by atoms with Crippen LogP contribution in [0.5, 0.6) is 5.75 Å². The number of aryl methyl sites for hydroxylation is 1. The van der Waals surface area contributed by atoms with Crippen molar-refractivity contribution in [1.82, 2.24) is 9.88 Å². The molecule has 0 fully saturated rings. The van der Waals surface area contributed by atoms with Crippen LogP contribution in [0.25, 0.3) is 0 Å². The lowest BCUT2D eigenvalue weighted by Crippen LogP contribution is -2.29. The van der Waals surface area contributed by atoms with E-state index in [2.05, 4.69) is 5.32 Å². The van der Waals surface area contributed by atoms with Gasteiger partial charge in [-0.05, 0) is 37.7 Å². The minimum absolute atomic E-state index is 0.0567. The van der Waals surface area contributed by atoms with E-state index in [1.807, 2.05) is 56.6 Å². The van der Waals surface area contributed by atoms with Gasteiger partial charge in [0.15, 0.2) is 0 Å². The van der Waals surface area contributed by atoms with Crippen LogP contribution in [-0.4, -0.2) is 18.7 Å². The number of aromatic nitrogens is 1. The van der Waals surface area contributed by atoms with E-state index in [1.165, 1.54) is 0 Å². The summed E-state index contributed by atoms with van der Waals surface area (Å²) in [5, 5.41) is 3.25. The largest absolute Gasteiger partial charge is 0.497 e. The molecule has 2 rings (SSSR count). The molecule has 4 nitrogen and oxygen atoms in total. The molecule has 0 bridgehead atoms. The second-order valence-corrected chi connectivity index (χ2v) is 4.76. The highest BCUT2D eigenvalue weighted by atomic mass is 16.5. The summed E-state index contributed by atoms with van der Waals surface area (Å²) in [6.45, 7) is 2.43. The highest BCUT2D eigenvalue weighted by molar-refractivity contribution is 5.29. The van der Waals surface area contributed by atoms with Crippen molar-refractivity contribution in [3.05, 3.63) is 64.1 Å². The van der Waals surface area contributed by atoms with E-state index in [9.17, 15) is 4.79 Å². The number of benzene rings is 1. The molecule has 2 aromatic rings. The van der Waals surface area contributed by atoms with Crippen LogP contribution in [0, 0.1) is 6.92 Å². The van der Waals surface area contributed by atoms with Crippen LogP contribution < -0.4 is 15.6 Å². The van der Waals surface area contributed by atoms with Crippen molar-refractivity contribution in [2.24, 2.45) is 0 Å². The highest BCUT2D eigenvalue weighted by Crippen LogP contribution is 2.18. The molecule has 4 heteroatoms. The lowest BCUT2D eigenvalue weighted by molar-refractivity contribution is 0.414. The van der Waals surface area contributed by atoms with E-state index in [1.54, 1.807) is 11.7 Å². The highest BCUT2D eigenvalue weighted by Gasteiger charge is 2.11. The number of nitrogens with zero attached hydrogens (tertiary/aromatic N) is 1. The average molecular weight is 272 g/mol. The van der Waals surface area contributed by atoms with Crippen molar-refractivity contribution in [3.63, 3.8) is 0 Å². The SMILES string of the molecule is CNC(Cn1cccc(C)c1=O)c1ccc(OC)cc1. The molecule has 0 radical (unpaired) electrons. The normalized spacial score (nSPS) is 12.2. The Labute approximate surface area is 119 Å². The number of likely N-dealkylation sites (N-methyl/N-ethyl adjacent to an activating group) is 1. The molecule has 0 spiro atoms. The van der Waals surface area contributed by atoms with Crippen LogP contribution in [0.1, 0.15) is 17.2 Å². The number of ether oxygens (including phenoxy) is 1. The zero-order chi connectivity index (χ0) is 14.5. The van der Waals surface area contributed by atoms with E-state index in [0.29, 0.717) is 6.54 Å². The van der Waals surface area contributed by atoms with Crippen LogP contribution in [0.4, 0.5) is 0 Å². The molecule has 1 aromatic heterocycles. The van der Waals surface area contributed by atoms with Crippen molar-refractivity contribution in [3.8, 4) is 5.75 Å². The van der Waals surface area contributed by atoms with E-state index in [0.717, 1.165) is 16.9 Å². The Morgan fingerprint density at radius 2 is 1.95 bits per heavy atom. The van der Waals surface area contributed by atoms with Crippen molar-refractivity contribution in [2.45, 2.75) is 19.5 Å². The van der Waals surface area contributed by atoms with Crippen LogP contribution in [-0.2, 0) is 6.54 Å². The molecular formula is C16H20N2O2. The third-order valence-corrected chi connectivity index (χ3v) is 3.46. The fourth-order valence-electron chi connectivity index (χ4n) is 2.20. The Balaban J connectivity index is 2.24. The predicted octanol–water partition coefficient (Wildman–Crippen LogP) is 2.13. The first-order chi connectivity index (χ1) is 9.65. The van der Waals surface area contributed by atoms with Crippen LogP contribution in [0.3, 0.4) is 0 Å². The van der Waals surface area contributed by atoms with Gasteiger partial charge in [0.05, 0.1) is 13.2 Å². The number of hydrogen-bond acceptors (Lipinski definition) is 3. The summed E-state index contributed by atoms with van der Waals surface area (Å²) < 4.78 is 6.90. The number of methoxy groups -OCH3 is 1. The monoisotopic (exact) mass is 272 g/mol. The van der Waals surface area contributed by atoms with Gasteiger partial charge in [0.2, 0.25) is 0 Å². The Hall–Kier alpha value is -2.07. The van der Waals surface area contributed by atoms with Crippen LogP contribution in [0.15, 0.2) is 47.4 Å². The molecular weight excluding hydrogens is 252 g/mol. The van der Waals surface area contributed by atoms with Gasteiger partial charge in [0.25, 0.3) is 5.56 Å². The Morgan fingerprint density at radius 3 is 2.55 bits per heavy atom. The maximum absolute atomic E-state index is 12.1. The van der Waals surface area contributed by atoms with Crippen LogP contribution >= 0.6 is 0 Å². The lowest BCUT2D eigenvalue weighted by atomic mass is 10.1. The molecule has 0 saturated carbocycles. The molecule has 0 saturated heterocycles. The summed E-state index contributed by atoms with van der Waals surface area (Å²) in [7, 11) is 3.55. The van der Waals surface area contributed by atoms with E-state index in [4.69, 9.17) is 4.74 Å². The number of pyridine rings is 1. The first-order valence-electron chi connectivity index (χ1n) is 6.63. The van der Waals surface area contributed by atoms with Gasteiger partial charge in [0.1, 0.15) is 5.75 Å². The molecule has 0 amide bonds. The lowest BCUT2D eigenvalue weighted by Gasteiger charge is -2.18. The molecule has 20 heavy (non-hydrogen) atoms. The summed E-state index contributed by atoms with van der Waals surface area (Å²) in [6.07, 6.45) is 1.82. The molecule has 0 aliphatic heterocycles. The molecule has 1 aromatic carbocycles. The Kier molecular flexibility index (Phi) is 4.58. The number of rotatable bonds is 5. The van der Waals surface area contributed by atoms with E-state index in [-0.39, 0.29) is 11.6 Å². The summed E-state index contributed by atoms with van der Waals surface area (Å²) >= 11 is 0. The van der Waals surface area contributed by atoms with Gasteiger partial charge in [-0.3, -0.25) is 4.79 Å². The molecule has 0 aliphatic carbocycles. The van der Waals surface area contributed by atoms with Gasteiger partial charge in [0, 0.05) is 18.3 Å². The van der Waals surface area contributed by atoms with E-state index < -0.39 is 0 Å². The van der Waals surface area contributed by atoms with Gasteiger partial charge < -0.3 is 14.6 Å². The third kappa shape index (κ3) is 3.08. The maximum Gasteiger partial charge on any atom is 0.253 e. The smallest absolute Gasteiger partial charge is 0.253 e. The first-order valence-corrected chi connectivity index (χ1v) is 6.63. The van der Waals surface area contributed by atoms with Crippen molar-refractivity contribution in [1.29, 1.82) is 0 Å². The van der Waals surface area contributed by atoms with Gasteiger partial charge in [-0.25, -0.2) is 0 Å². The predicted molar refractivity (Wildman–Crippen MR) is 80.2 cm³/mol. The summed E-state index contributed by atoms with van der Waals surface area (Å²) in [5.74, 6) is 0.830. The van der Waals surface area contributed by atoms with Gasteiger partial charge in [-0.2, -0.15) is 0 Å². The first kappa shape index (κ1) is 14.3. The van der Waals surface area contributed by atoms with Crippen molar-refractivity contribution >= 4 is 0 Å². The third-order valence-electron chi connectivity index (χ3n) is 3.46. The second kappa shape index (κ2) is 6.39.